The number of aliphatic hydroxyl groups is 1. The number of hydrogen-bond acceptors (Lipinski definition) is 2. The highest BCUT2D eigenvalue weighted by Gasteiger charge is 2.57. The average Bonchev–Trinajstić information content (AvgIpc) is 2.92. The molecule has 0 radical (unpaired) electrons. The average molecular weight is 262 g/mol. The van der Waals surface area contributed by atoms with E-state index in [4.69, 9.17) is 0 Å². The summed E-state index contributed by atoms with van der Waals surface area (Å²) in [5, 5.41) is 10.3. The third-order valence-electron chi connectivity index (χ3n) is 7.46. The summed E-state index contributed by atoms with van der Waals surface area (Å²) >= 11 is 0. The highest BCUT2D eigenvalue weighted by Crippen LogP contribution is 2.62. The molecule has 106 valence electrons. The van der Waals surface area contributed by atoms with Crippen molar-refractivity contribution < 1.29 is 9.90 Å². The van der Waals surface area contributed by atoms with E-state index in [0.717, 1.165) is 43.4 Å². The van der Waals surface area contributed by atoms with Gasteiger partial charge in [-0.25, -0.2) is 0 Å². The molecule has 7 atom stereocenters. The molecule has 1 N–H and O–H groups in total. The van der Waals surface area contributed by atoms with Crippen LogP contribution in [0.1, 0.15) is 58.3 Å². The molecule has 0 heterocycles. The van der Waals surface area contributed by atoms with E-state index in [9.17, 15) is 9.90 Å². The molecule has 0 unspecified atom stereocenters. The molecule has 4 aliphatic carbocycles. The number of ketones is 1. The number of hydrogen-bond donors (Lipinski definition) is 1. The maximum absolute atomic E-state index is 12.0. The molecule has 2 heteroatoms. The van der Waals surface area contributed by atoms with E-state index in [2.05, 4.69) is 6.92 Å². The molecule has 0 aromatic rings. The number of aliphatic hydroxyl groups excluding tert-OH is 1. The zero-order valence-electron chi connectivity index (χ0n) is 12.0. The molecular formula is C17H26O2. The standard InChI is InChI=1S/C17H26O2/c1-17-9-8-11-10-4-6-15(18)13(10)3-2-12(11)14(17)5-7-16(17)19/h10-14,16,19H,2-9H2,1H3/t10-,11-,12-,13-,14+,16+,17+/m1/s1. The molecule has 4 aliphatic rings. The lowest BCUT2D eigenvalue weighted by atomic mass is 9.52. The fraction of sp³-hybridized carbons (Fsp3) is 0.941. The molecule has 0 aromatic carbocycles. The Labute approximate surface area is 116 Å². The fourth-order valence-corrected chi connectivity index (χ4v) is 6.43. The molecule has 0 saturated heterocycles. The molecule has 4 saturated carbocycles. The number of rotatable bonds is 0. The Morgan fingerprint density at radius 2 is 1.84 bits per heavy atom. The van der Waals surface area contributed by atoms with Crippen molar-refractivity contribution in [3.63, 3.8) is 0 Å². The predicted molar refractivity (Wildman–Crippen MR) is 73.5 cm³/mol. The molecule has 0 spiro atoms. The molecule has 4 fully saturated rings. The highest BCUT2D eigenvalue weighted by molar-refractivity contribution is 5.83. The second-order valence-electron chi connectivity index (χ2n) is 7.92. The fourth-order valence-electron chi connectivity index (χ4n) is 6.43. The number of fused-ring (bicyclic) bond motifs is 5. The molecular weight excluding hydrogens is 236 g/mol. The van der Waals surface area contributed by atoms with Crippen molar-refractivity contribution in [2.75, 3.05) is 0 Å². The summed E-state index contributed by atoms with van der Waals surface area (Å²) in [7, 11) is 0. The number of carbonyl (C=O) groups is 1. The first kappa shape index (κ1) is 12.4. The first-order valence-corrected chi connectivity index (χ1v) is 8.32. The Morgan fingerprint density at radius 3 is 2.68 bits per heavy atom. The van der Waals surface area contributed by atoms with Crippen LogP contribution in [0.25, 0.3) is 0 Å². The van der Waals surface area contributed by atoms with Crippen LogP contribution in [0.3, 0.4) is 0 Å². The Hall–Kier alpha value is -0.370. The number of Topliss-reactive ketones (excluding diaryl/α,β-unsaturated/α-hetero) is 1. The van der Waals surface area contributed by atoms with Crippen molar-refractivity contribution >= 4 is 5.78 Å². The van der Waals surface area contributed by atoms with E-state index in [-0.39, 0.29) is 11.5 Å². The zero-order chi connectivity index (χ0) is 13.2. The maximum atomic E-state index is 12.0. The van der Waals surface area contributed by atoms with Gasteiger partial charge >= 0.3 is 0 Å². The van der Waals surface area contributed by atoms with Gasteiger partial charge in [-0.3, -0.25) is 4.79 Å². The smallest absolute Gasteiger partial charge is 0.136 e. The van der Waals surface area contributed by atoms with Gasteiger partial charge in [0, 0.05) is 12.3 Å². The first-order chi connectivity index (χ1) is 9.11. The van der Waals surface area contributed by atoms with E-state index in [1.165, 1.54) is 25.7 Å². The van der Waals surface area contributed by atoms with Crippen molar-refractivity contribution in [1.82, 2.24) is 0 Å². The molecule has 0 aliphatic heterocycles. The Kier molecular flexibility index (Phi) is 2.65. The second-order valence-corrected chi connectivity index (χ2v) is 7.92. The van der Waals surface area contributed by atoms with Gasteiger partial charge in [0.05, 0.1) is 6.10 Å². The Morgan fingerprint density at radius 1 is 1.00 bits per heavy atom. The van der Waals surface area contributed by atoms with Gasteiger partial charge in [-0.05, 0) is 74.0 Å². The molecule has 19 heavy (non-hydrogen) atoms. The minimum absolute atomic E-state index is 0.0682. The van der Waals surface area contributed by atoms with Crippen LogP contribution in [-0.4, -0.2) is 17.0 Å². The van der Waals surface area contributed by atoms with Crippen molar-refractivity contribution in [1.29, 1.82) is 0 Å². The van der Waals surface area contributed by atoms with Crippen LogP contribution in [0.2, 0.25) is 0 Å². The summed E-state index contributed by atoms with van der Waals surface area (Å²) in [6.45, 7) is 2.33. The minimum Gasteiger partial charge on any atom is -0.393 e. The molecule has 0 bridgehead atoms. The topological polar surface area (TPSA) is 37.3 Å². The van der Waals surface area contributed by atoms with Crippen LogP contribution in [0.15, 0.2) is 0 Å². The molecule has 4 rings (SSSR count). The van der Waals surface area contributed by atoms with Gasteiger partial charge in [0.1, 0.15) is 5.78 Å². The largest absolute Gasteiger partial charge is 0.393 e. The monoisotopic (exact) mass is 262 g/mol. The van der Waals surface area contributed by atoms with E-state index < -0.39 is 0 Å². The van der Waals surface area contributed by atoms with Crippen molar-refractivity contribution in [2.45, 2.75) is 64.4 Å². The maximum Gasteiger partial charge on any atom is 0.136 e. The van der Waals surface area contributed by atoms with E-state index in [0.29, 0.717) is 17.6 Å². The van der Waals surface area contributed by atoms with E-state index in [1.54, 1.807) is 0 Å². The van der Waals surface area contributed by atoms with Crippen molar-refractivity contribution in [3.05, 3.63) is 0 Å². The second kappa shape index (κ2) is 4.07. The van der Waals surface area contributed by atoms with Crippen LogP contribution >= 0.6 is 0 Å². The van der Waals surface area contributed by atoms with E-state index in [1.807, 2.05) is 0 Å². The van der Waals surface area contributed by atoms with Gasteiger partial charge in [-0.15, -0.1) is 0 Å². The van der Waals surface area contributed by atoms with Gasteiger partial charge in [-0.2, -0.15) is 0 Å². The summed E-state index contributed by atoms with van der Waals surface area (Å²) in [5.41, 5.74) is 0.191. The van der Waals surface area contributed by atoms with E-state index >= 15 is 0 Å². The van der Waals surface area contributed by atoms with Gasteiger partial charge in [0.2, 0.25) is 0 Å². The zero-order valence-corrected chi connectivity index (χ0v) is 12.0. The lowest BCUT2D eigenvalue weighted by molar-refractivity contribution is -0.125. The summed E-state index contributed by atoms with van der Waals surface area (Å²) in [5.74, 6) is 4.02. The summed E-state index contributed by atoms with van der Waals surface area (Å²) in [4.78, 5) is 12.0. The summed E-state index contributed by atoms with van der Waals surface area (Å²) < 4.78 is 0. The SMILES string of the molecule is C[C@]12CC[C@@H]3[C@H]4CCC(=O)[C@@H]4CC[C@H]3[C@@H]1CC[C@@H]2O. The molecule has 2 nitrogen and oxygen atoms in total. The Balaban J connectivity index is 1.62. The molecule has 0 amide bonds. The normalized spacial score (nSPS) is 56.6. The van der Waals surface area contributed by atoms with Crippen LogP contribution < -0.4 is 0 Å². The van der Waals surface area contributed by atoms with Gasteiger partial charge in [-0.1, -0.05) is 6.92 Å². The van der Waals surface area contributed by atoms with Crippen LogP contribution in [0.4, 0.5) is 0 Å². The minimum atomic E-state index is -0.0682. The lowest BCUT2D eigenvalue weighted by Gasteiger charge is -2.52. The third kappa shape index (κ3) is 1.55. The van der Waals surface area contributed by atoms with Crippen LogP contribution in [-0.2, 0) is 4.79 Å². The summed E-state index contributed by atoms with van der Waals surface area (Å²) in [6.07, 6.45) is 9.04. The number of carbonyl (C=O) groups excluding carboxylic acids is 1. The third-order valence-corrected chi connectivity index (χ3v) is 7.46. The van der Waals surface area contributed by atoms with Crippen molar-refractivity contribution in [3.8, 4) is 0 Å². The van der Waals surface area contributed by atoms with Crippen LogP contribution in [0, 0.1) is 35.0 Å². The quantitative estimate of drug-likeness (QED) is 0.728. The first-order valence-electron chi connectivity index (χ1n) is 8.32. The van der Waals surface area contributed by atoms with Crippen LogP contribution in [0.5, 0.6) is 0 Å². The predicted octanol–water partition coefficient (Wildman–Crippen LogP) is 3.18. The Bertz CT molecular complexity index is 404. The van der Waals surface area contributed by atoms with Crippen molar-refractivity contribution in [2.24, 2.45) is 35.0 Å². The van der Waals surface area contributed by atoms with Gasteiger partial charge in [0.25, 0.3) is 0 Å². The van der Waals surface area contributed by atoms with Gasteiger partial charge < -0.3 is 5.11 Å². The van der Waals surface area contributed by atoms with Gasteiger partial charge in [0.15, 0.2) is 0 Å². The lowest BCUT2D eigenvalue weighted by Crippen LogP contribution is -2.48. The summed E-state index contributed by atoms with van der Waals surface area (Å²) in [6, 6.07) is 0. The highest BCUT2D eigenvalue weighted by atomic mass is 16.3. The molecule has 0 aromatic heterocycles.